The molecule has 1 N–H and O–H groups in total. The zero-order chi connectivity index (χ0) is 46.5. The van der Waals surface area contributed by atoms with Gasteiger partial charge in [-0.15, -0.1) is 0 Å². The number of alkyl carbamates (subject to hydrolysis) is 1. The van der Waals surface area contributed by atoms with Crippen LogP contribution in [0.2, 0.25) is 0 Å². The van der Waals surface area contributed by atoms with Gasteiger partial charge in [-0.1, -0.05) is 79.1 Å². The Balaban J connectivity index is 1.31. The van der Waals surface area contributed by atoms with Gasteiger partial charge in [0.25, 0.3) is 8.53 Å². The van der Waals surface area contributed by atoms with Crippen LogP contribution in [0.15, 0.2) is 0 Å². The minimum absolute atomic E-state index is 0.0869. The number of unbranched alkanes of at least 4 members (excludes halogenated alkanes) is 2. The fourth-order valence-electron chi connectivity index (χ4n) is 9.19. The zero-order valence-corrected chi connectivity index (χ0v) is 42.8. The maximum atomic E-state index is 13.0. The van der Waals surface area contributed by atoms with Gasteiger partial charge in [0.05, 0.1) is 25.2 Å². The normalized spacial score (nSPS) is 19.0. The maximum Gasteiger partial charge on any atom is 0.407 e. The predicted octanol–water partition coefficient (Wildman–Crippen LogP) is 12.7. The van der Waals surface area contributed by atoms with Gasteiger partial charge in [0, 0.05) is 43.7 Å². The molecule has 1 aromatic carbocycles. The number of carbonyl (C=O) groups excluding carboxylic acids is 2. The number of likely N-dealkylation sites (tertiary alicyclic amines) is 1. The van der Waals surface area contributed by atoms with Crippen molar-refractivity contribution in [3.05, 3.63) is 22.3 Å². The van der Waals surface area contributed by atoms with E-state index in [-0.39, 0.29) is 42.9 Å². The second-order valence-electron chi connectivity index (χ2n) is 20.0. The molecule has 0 spiro atoms. The molecule has 1 unspecified atom stereocenters. The van der Waals surface area contributed by atoms with Gasteiger partial charge in [-0.3, -0.25) is 4.79 Å². The summed E-state index contributed by atoms with van der Waals surface area (Å²) >= 11 is 0. The quantitative estimate of drug-likeness (QED) is 0.0594. The van der Waals surface area contributed by atoms with E-state index in [9.17, 15) is 9.59 Å². The van der Waals surface area contributed by atoms with Crippen molar-refractivity contribution in [2.24, 2.45) is 17.8 Å². The molecule has 360 valence electrons. The van der Waals surface area contributed by atoms with Crippen molar-refractivity contribution < 1.29 is 32.8 Å². The van der Waals surface area contributed by atoms with E-state index in [1.54, 1.807) is 0 Å². The maximum absolute atomic E-state index is 13.0. The van der Waals surface area contributed by atoms with Crippen LogP contribution >= 0.6 is 8.53 Å². The molecular formula is C51H89N4O7P. The van der Waals surface area contributed by atoms with Crippen molar-refractivity contribution in [3.63, 3.8) is 0 Å². The van der Waals surface area contributed by atoms with E-state index >= 15 is 0 Å². The van der Waals surface area contributed by atoms with E-state index in [1.807, 2.05) is 4.90 Å². The number of amides is 2. The minimum Gasteiger partial charge on any atom is -0.489 e. The second kappa shape index (κ2) is 28.4. The smallest absolute Gasteiger partial charge is 0.407 e. The van der Waals surface area contributed by atoms with E-state index < -0.39 is 14.6 Å². The molecular weight excluding hydrogens is 812 g/mol. The molecule has 0 saturated carbocycles. The number of hydrogen-bond donors (Lipinski definition) is 1. The Labute approximate surface area is 385 Å². The lowest BCUT2D eigenvalue weighted by molar-refractivity contribution is -0.130. The topological polar surface area (TPSA) is 123 Å². The van der Waals surface area contributed by atoms with Crippen molar-refractivity contribution in [3.8, 4) is 17.6 Å². The number of benzene rings is 1. The first-order valence-electron chi connectivity index (χ1n) is 24.8. The molecule has 2 heterocycles. The first kappa shape index (κ1) is 54.7. The third kappa shape index (κ3) is 19.0. The highest BCUT2D eigenvalue weighted by Gasteiger charge is 2.36. The summed E-state index contributed by atoms with van der Waals surface area (Å²) in [6.45, 7) is 29.1. The first-order valence-corrected chi connectivity index (χ1v) is 26.0. The Morgan fingerprint density at radius 1 is 0.873 bits per heavy atom. The molecule has 0 bridgehead atoms. The molecule has 0 aromatic heterocycles. The van der Waals surface area contributed by atoms with E-state index in [2.05, 4.69) is 99.1 Å². The van der Waals surface area contributed by atoms with Gasteiger partial charge in [-0.2, -0.15) is 5.26 Å². The molecule has 12 heteroatoms. The molecule has 1 fully saturated rings. The Morgan fingerprint density at radius 3 is 2.19 bits per heavy atom. The molecule has 3 rings (SSSR count). The summed E-state index contributed by atoms with van der Waals surface area (Å²) in [6.07, 6.45) is 17.0. The summed E-state index contributed by atoms with van der Waals surface area (Å²) < 4.78 is 33.3. The van der Waals surface area contributed by atoms with Crippen LogP contribution in [0, 0.1) is 49.9 Å². The number of rotatable bonds is 30. The molecule has 2 amide bonds. The highest BCUT2D eigenvalue weighted by molar-refractivity contribution is 7.44. The van der Waals surface area contributed by atoms with Gasteiger partial charge in [0.15, 0.2) is 0 Å². The third-order valence-electron chi connectivity index (χ3n) is 13.1. The monoisotopic (exact) mass is 901 g/mol. The number of nitrogens with one attached hydrogen (secondary N) is 1. The summed E-state index contributed by atoms with van der Waals surface area (Å²) in [5.74, 6) is 4.45. The van der Waals surface area contributed by atoms with E-state index in [0.29, 0.717) is 39.1 Å². The lowest BCUT2D eigenvalue weighted by Gasteiger charge is -2.38. The number of hydrogen-bond acceptors (Lipinski definition) is 9. The zero-order valence-electron chi connectivity index (χ0n) is 41.9. The Morgan fingerprint density at radius 2 is 1.54 bits per heavy atom. The minimum atomic E-state index is -1.33. The molecule has 1 saturated heterocycles. The summed E-state index contributed by atoms with van der Waals surface area (Å²) in [5.41, 5.74) is 4.42. The summed E-state index contributed by atoms with van der Waals surface area (Å²) in [7, 11) is -1.33. The largest absolute Gasteiger partial charge is 0.489 e. The van der Waals surface area contributed by atoms with Crippen molar-refractivity contribution in [1.29, 1.82) is 5.26 Å². The number of ether oxygens (including phenoxy) is 3. The fraction of sp³-hybridized carbons (Fsp3) is 0.824. The van der Waals surface area contributed by atoms with Gasteiger partial charge in [-0.25, -0.2) is 9.46 Å². The Kier molecular flexibility index (Phi) is 24.7. The molecule has 5 atom stereocenters. The number of carbonyl (C=O) groups is 2. The van der Waals surface area contributed by atoms with Crippen LogP contribution in [0.25, 0.3) is 0 Å². The van der Waals surface area contributed by atoms with Gasteiger partial charge < -0.3 is 33.5 Å². The van der Waals surface area contributed by atoms with Gasteiger partial charge in [-0.05, 0) is 135 Å². The van der Waals surface area contributed by atoms with E-state index in [4.69, 9.17) is 28.5 Å². The molecule has 63 heavy (non-hydrogen) atoms. The molecule has 0 aliphatic carbocycles. The van der Waals surface area contributed by atoms with Crippen LogP contribution in [0.5, 0.6) is 11.5 Å². The van der Waals surface area contributed by atoms with Crippen molar-refractivity contribution in [2.45, 2.75) is 216 Å². The summed E-state index contributed by atoms with van der Waals surface area (Å²) in [5, 5.41) is 11.8. The third-order valence-corrected chi connectivity index (χ3v) is 15.3. The van der Waals surface area contributed by atoms with Crippen LogP contribution in [0.3, 0.4) is 0 Å². The first-order chi connectivity index (χ1) is 30.0. The SMILES string of the molecule is Cc1c(C)c2c(c(C)c1OCCOC(=O)NCCCCCC(=O)N1CC[C@@H](OP(OCCC#N)N(C(C)C)C(C)C)C1)CC[C@@](C)(CCC[C@H](C)CCC[C@H](C)CCCC(C)C)O2. The molecule has 11 nitrogen and oxygen atoms in total. The molecule has 2 aliphatic heterocycles. The van der Waals surface area contributed by atoms with Crippen molar-refractivity contribution in [2.75, 3.05) is 39.5 Å². The lowest BCUT2D eigenvalue weighted by Crippen LogP contribution is -2.37. The van der Waals surface area contributed by atoms with E-state index in [0.717, 1.165) is 90.9 Å². The second-order valence-corrected chi connectivity index (χ2v) is 21.5. The molecule has 0 radical (unpaired) electrons. The number of fused-ring (bicyclic) bond motifs is 1. The highest BCUT2D eigenvalue weighted by Crippen LogP contribution is 2.48. The van der Waals surface area contributed by atoms with Gasteiger partial charge in [0.2, 0.25) is 5.91 Å². The van der Waals surface area contributed by atoms with Gasteiger partial charge in [0.1, 0.15) is 30.3 Å². The lowest BCUT2D eigenvalue weighted by atomic mass is 9.83. The van der Waals surface area contributed by atoms with Crippen molar-refractivity contribution >= 4 is 20.5 Å². The van der Waals surface area contributed by atoms with Crippen LogP contribution in [0.4, 0.5) is 4.79 Å². The number of nitriles is 1. The van der Waals surface area contributed by atoms with E-state index in [1.165, 1.54) is 56.9 Å². The van der Waals surface area contributed by atoms with Crippen LogP contribution in [-0.4, -0.2) is 84.8 Å². The summed E-state index contributed by atoms with van der Waals surface area (Å²) in [6, 6.07) is 2.60. The molecule has 1 aromatic rings. The Bertz CT molecular complexity index is 1560. The Hall–Kier alpha value is -2.64. The molecule has 2 aliphatic rings. The number of nitrogens with zero attached hydrogens (tertiary/aromatic N) is 3. The fourth-order valence-corrected chi connectivity index (χ4v) is 10.9. The average Bonchev–Trinajstić information content (AvgIpc) is 3.69. The standard InChI is InChI=1S/C51H89N4O7P/c1-37(2)20-16-21-40(7)22-17-23-41(8)24-18-28-51(12)29-26-46-44(11)48(42(9)43(10)49(46)61-51)58-34-35-59-50(57)53-31-15-13-14-25-47(56)54-32-27-45(36-54)62-63(60-33-19-30-52)55(38(3)4)39(5)6/h37-41,45H,13-29,31-36H2,1-12H3,(H,53,57)/t40-,41-,45-,51-,63?/m1/s1. The highest BCUT2D eigenvalue weighted by atomic mass is 31.2. The van der Waals surface area contributed by atoms with Crippen molar-refractivity contribution in [1.82, 2.24) is 14.9 Å². The van der Waals surface area contributed by atoms with Crippen LogP contribution < -0.4 is 14.8 Å². The van der Waals surface area contributed by atoms with Crippen LogP contribution in [-0.2, 0) is 25.0 Å². The predicted molar refractivity (Wildman–Crippen MR) is 257 cm³/mol. The van der Waals surface area contributed by atoms with Crippen LogP contribution in [0.1, 0.15) is 187 Å². The van der Waals surface area contributed by atoms with Gasteiger partial charge >= 0.3 is 6.09 Å². The average molecular weight is 901 g/mol. The summed E-state index contributed by atoms with van der Waals surface area (Å²) in [4.78, 5) is 27.3.